The Morgan fingerprint density at radius 1 is 1.42 bits per heavy atom. The van der Waals surface area contributed by atoms with Crippen LogP contribution in [0.2, 0.25) is 0 Å². The second-order valence-corrected chi connectivity index (χ2v) is 7.58. The average molecular weight is 368 g/mol. The van der Waals surface area contributed by atoms with Gasteiger partial charge in [0.2, 0.25) is 0 Å². The maximum absolute atomic E-state index is 12.4. The third-order valence-corrected chi connectivity index (χ3v) is 5.26. The van der Waals surface area contributed by atoms with E-state index >= 15 is 0 Å². The van der Waals surface area contributed by atoms with Gasteiger partial charge in [-0.15, -0.1) is 4.40 Å². The van der Waals surface area contributed by atoms with Crippen LogP contribution in [0, 0.1) is 0 Å². The SMILES string of the molecule is COC(=O)c1cnc(NC(=O)C2=CC=CN3CCS(=O)(=O)N=C23)s1. The van der Waals surface area contributed by atoms with Crippen LogP contribution in [0.3, 0.4) is 0 Å². The molecule has 0 saturated carbocycles. The fourth-order valence-electron chi connectivity index (χ4n) is 2.08. The molecule has 0 aromatic carbocycles. The Balaban J connectivity index is 1.83. The van der Waals surface area contributed by atoms with Gasteiger partial charge in [-0.05, 0) is 12.2 Å². The molecule has 0 bridgehead atoms. The Morgan fingerprint density at radius 3 is 2.96 bits per heavy atom. The summed E-state index contributed by atoms with van der Waals surface area (Å²) in [7, 11) is -2.34. The molecule has 0 fully saturated rings. The van der Waals surface area contributed by atoms with Crippen molar-refractivity contribution in [3.8, 4) is 0 Å². The van der Waals surface area contributed by atoms with Crippen LogP contribution in [0.25, 0.3) is 0 Å². The lowest BCUT2D eigenvalue weighted by Crippen LogP contribution is -2.40. The number of aromatic nitrogens is 1. The van der Waals surface area contributed by atoms with Crippen molar-refractivity contribution in [2.45, 2.75) is 0 Å². The number of carbonyl (C=O) groups excluding carboxylic acids is 2. The number of fused-ring (bicyclic) bond motifs is 1. The van der Waals surface area contributed by atoms with Gasteiger partial charge in [-0.1, -0.05) is 11.3 Å². The van der Waals surface area contributed by atoms with E-state index in [-0.39, 0.29) is 33.7 Å². The quantitative estimate of drug-likeness (QED) is 0.766. The number of nitrogens with one attached hydrogen (secondary N) is 1. The zero-order valence-electron chi connectivity index (χ0n) is 12.4. The second-order valence-electron chi connectivity index (χ2n) is 4.79. The van der Waals surface area contributed by atoms with Crippen molar-refractivity contribution in [1.82, 2.24) is 9.88 Å². The van der Waals surface area contributed by atoms with Gasteiger partial charge in [-0.25, -0.2) is 18.2 Å². The van der Waals surface area contributed by atoms with Crippen LogP contribution in [0.1, 0.15) is 9.67 Å². The molecule has 1 aromatic heterocycles. The standard InChI is InChI=1S/C13H12N4O5S2/c1-22-12(19)9-7-14-13(23-9)15-11(18)8-3-2-4-17-5-6-24(20,21)16-10(8)17/h2-4,7H,5-6H2,1H3,(H,14,15,18). The van der Waals surface area contributed by atoms with Crippen LogP contribution in [0.5, 0.6) is 0 Å². The van der Waals surface area contributed by atoms with E-state index in [0.717, 1.165) is 11.3 Å². The lowest BCUT2D eigenvalue weighted by Gasteiger charge is -2.28. The average Bonchev–Trinajstić information content (AvgIpc) is 3.01. The predicted molar refractivity (Wildman–Crippen MR) is 87.2 cm³/mol. The number of methoxy groups -OCH3 is 1. The van der Waals surface area contributed by atoms with Crippen LogP contribution in [0.4, 0.5) is 5.13 Å². The van der Waals surface area contributed by atoms with Gasteiger partial charge in [-0.3, -0.25) is 10.1 Å². The number of anilines is 1. The molecule has 0 unspecified atom stereocenters. The highest BCUT2D eigenvalue weighted by Gasteiger charge is 2.30. The van der Waals surface area contributed by atoms with Gasteiger partial charge < -0.3 is 9.64 Å². The summed E-state index contributed by atoms with van der Waals surface area (Å²) in [6.07, 6.45) is 6.05. The minimum atomic E-state index is -3.59. The number of allylic oxidation sites excluding steroid dienone is 2. The molecule has 3 heterocycles. The molecule has 0 atom stereocenters. The fraction of sp³-hybridized carbons (Fsp3) is 0.231. The summed E-state index contributed by atoms with van der Waals surface area (Å²) < 4.78 is 31.6. The Morgan fingerprint density at radius 2 is 2.21 bits per heavy atom. The van der Waals surface area contributed by atoms with E-state index < -0.39 is 21.9 Å². The first kappa shape index (κ1) is 16.3. The number of hydrogen-bond donors (Lipinski definition) is 1. The number of thiazole rings is 1. The topological polar surface area (TPSA) is 118 Å². The first-order chi connectivity index (χ1) is 11.4. The summed E-state index contributed by atoms with van der Waals surface area (Å²) in [4.78, 5) is 29.6. The first-order valence-electron chi connectivity index (χ1n) is 6.73. The van der Waals surface area contributed by atoms with Gasteiger partial charge in [-0.2, -0.15) is 0 Å². The Labute approximate surface area is 141 Å². The Kier molecular flexibility index (Phi) is 4.20. The summed E-state index contributed by atoms with van der Waals surface area (Å²) in [6.45, 7) is 0.228. The van der Waals surface area contributed by atoms with Gasteiger partial charge in [0.25, 0.3) is 15.9 Å². The van der Waals surface area contributed by atoms with E-state index in [1.165, 1.54) is 19.4 Å². The zero-order chi connectivity index (χ0) is 17.3. The third-order valence-electron chi connectivity index (χ3n) is 3.21. The summed E-state index contributed by atoms with van der Waals surface area (Å²) in [5.74, 6) is -1.15. The summed E-state index contributed by atoms with van der Waals surface area (Å²) >= 11 is 0.952. The number of ether oxygens (including phenoxy) is 1. The number of amides is 1. The maximum Gasteiger partial charge on any atom is 0.349 e. The molecule has 1 aromatic rings. The van der Waals surface area contributed by atoms with E-state index in [9.17, 15) is 18.0 Å². The Bertz CT molecular complexity index is 897. The molecule has 9 nitrogen and oxygen atoms in total. The minimum absolute atomic E-state index is 0.0750. The maximum atomic E-state index is 12.4. The molecule has 24 heavy (non-hydrogen) atoms. The largest absolute Gasteiger partial charge is 0.465 e. The van der Waals surface area contributed by atoms with Gasteiger partial charge in [0.05, 0.1) is 24.6 Å². The number of sulfonamides is 1. The summed E-state index contributed by atoms with van der Waals surface area (Å²) in [5, 5.41) is 2.72. The van der Waals surface area contributed by atoms with Crippen molar-refractivity contribution in [3.63, 3.8) is 0 Å². The summed E-state index contributed by atoms with van der Waals surface area (Å²) in [5.41, 5.74) is 0.107. The van der Waals surface area contributed by atoms with E-state index in [1.807, 2.05) is 0 Å². The molecule has 1 N–H and O–H groups in total. The van der Waals surface area contributed by atoms with Gasteiger partial charge in [0.15, 0.2) is 11.0 Å². The molecule has 0 aliphatic carbocycles. The predicted octanol–water partition coefficient (Wildman–Crippen LogP) is 0.366. The van der Waals surface area contributed by atoms with Crippen LogP contribution >= 0.6 is 11.3 Å². The number of amidine groups is 1. The first-order valence-corrected chi connectivity index (χ1v) is 9.16. The van der Waals surface area contributed by atoms with Gasteiger partial charge in [0, 0.05) is 12.7 Å². The Hall–Kier alpha value is -2.53. The molecule has 1 amide bonds. The van der Waals surface area contributed by atoms with E-state index in [2.05, 4.69) is 19.4 Å². The van der Waals surface area contributed by atoms with E-state index in [4.69, 9.17) is 0 Å². The lowest BCUT2D eigenvalue weighted by atomic mass is 10.1. The second kappa shape index (κ2) is 6.17. The van der Waals surface area contributed by atoms with Gasteiger partial charge >= 0.3 is 5.97 Å². The zero-order valence-corrected chi connectivity index (χ0v) is 14.1. The lowest BCUT2D eigenvalue weighted by molar-refractivity contribution is -0.112. The molecule has 3 rings (SSSR count). The number of esters is 1. The number of hydrogen-bond acceptors (Lipinski definition) is 8. The number of carbonyl (C=O) groups is 2. The van der Waals surface area contributed by atoms with E-state index in [1.54, 1.807) is 17.2 Å². The van der Waals surface area contributed by atoms with Crippen molar-refractivity contribution in [3.05, 3.63) is 35.0 Å². The molecule has 2 aliphatic heterocycles. The minimum Gasteiger partial charge on any atom is -0.465 e. The van der Waals surface area contributed by atoms with Gasteiger partial charge in [0.1, 0.15) is 4.88 Å². The fourth-order valence-corrected chi connectivity index (χ4v) is 3.80. The molecular weight excluding hydrogens is 356 g/mol. The summed E-state index contributed by atoms with van der Waals surface area (Å²) in [6, 6.07) is 0. The smallest absolute Gasteiger partial charge is 0.349 e. The van der Waals surface area contributed by atoms with Crippen molar-refractivity contribution in [2.75, 3.05) is 24.7 Å². The highest BCUT2D eigenvalue weighted by atomic mass is 32.2. The molecule has 126 valence electrons. The third kappa shape index (κ3) is 3.21. The highest BCUT2D eigenvalue weighted by Crippen LogP contribution is 2.22. The van der Waals surface area contributed by atoms with Crippen molar-refractivity contribution in [1.29, 1.82) is 0 Å². The normalized spacial score (nSPS) is 18.3. The molecular formula is C13H12N4O5S2. The number of nitrogens with zero attached hydrogens (tertiary/aromatic N) is 3. The van der Waals surface area contributed by atoms with Crippen LogP contribution in [-0.2, 0) is 19.6 Å². The molecule has 0 saturated heterocycles. The molecule has 11 heteroatoms. The van der Waals surface area contributed by atoms with Crippen LogP contribution in [0.15, 0.2) is 34.5 Å². The van der Waals surface area contributed by atoms with Crippen molar-refractivity contribution < 1.29 is 22.7 Å². The van der Waals surface area contributed by atoms with Crippen molar-refractivity contribution >= 4 is 44.2 Å². The van der Waals surface area contributed by atoms with E-state index in [0.29, 0.717) is 0 Å². The molecule has 0 spiro atoms. The molecule has 2 aliphatic rings. The molecule has 0 radical (unpaired) electrons. The van der Waals surface area contributed by atoms with Crippen LogP contribution < -0.4 is 5.32 Å². The highest BCUT2D eigenvalue weighted by molar-refractivity contribution is 7.90. The van der Waals surface area contributed by atoms with Crippen LogP contribution in [-0.4, -0.2) is 55.4 Å². The number of rotatable bonds is 3. The monoisotopic (exact) mass is 368 g/mol. The van der Waals surface area contributed by atoms with Crippen molar-refractivity contribution in [2.24, 2.45) is 4.40 Å².